The summed E-state index contributed by atoms with van der Waals surface area (Å²) in [5, 5.41) is 8.74. The second kappa shape index (κ2) is 10.6. The molecule has 2 aromatic rings. The van der Waals surface area contributed by atoms with Crippen LogP contribution >= 0.6 is 0 Å². The van der Waals surface area contributed by atoms with Crippen LogP contribution in [0.15, 0.2) is 42.5 Å². The molecule has 1 heterocycles. The highest BCUT2D eigenvalue weighted by atomic mass is 16.5. The molecule has 1 fully saturated rings. The first kappa shape index (κ1) is 22.3. The first-order chi connectivity index (χ1) is 15.0. The fraction of sp³-hybridized carbons (Fsp3) is 0.348. The predicted molar refractivity (Wildman–Crippen MR) is 120 cm³/mol. The van der Waals surface area contributed by atoms with Gasteiger partial charge in [-0.2, -0.15) is 0 Å². The molecule has 0 aliphatic carbocycles. The molecule has 0 spiro atoms. The van der Waals surface area contributed by atoms with Gasteiger partial charge in [-0.15, -0.1) is 0 Å². The number of benzene rings is 2. The standard InChI is InChI=1S/C23H28N4O4/c1-3-21(28)25-19-5-4-6-20(16(19)2)26-22(29)15-24-18-9-7-17(8-10-18)23(30)27-11-13-31-14-12-27/h4-10,24H,3,11-15H2,1-2H3,(H,25,28)(H,26,29). The molecular weight excluding hydrogens is 396 g/mol. The smallest absolute Gasteiger partial charge is 0.254 e. The van der Waals surface area contributed by atoms with Crippen LogP contribution in [0.4, 0.5) is 17.1 Å². The van der Waals surface area contributed by atoms with Gasteiger partial charge >= 0.3 is 0 Å². The second-order valence-corrected chi connectivity index (χ2v) is 7.26. The Morgan fingerprint density at radius 3 is 2.16 bits per heavy atom. The number of hydrogen-bond donors (Lipinski definition) is 3. The number of carbonyl (C=O) groups is 3. The van der Waals surface area contributed by atoms with Gasteiger partial charge in [-0.25, -0.2) is 0 Å². The normalized spacial score (nSPS) is 13.4. The average Bonchev–Trinajstić information content (AvgIpc) is 2.80. The van der Waals surface area contributed by atoms with Crippen LogP contribution in [0.2, 0.25) is 0 Å². The average molecular weight is 425 g/mol. The predicted octanol–water partition coefficient (Wildman–Crippen LogP) is 2.87. The van der Waals surface area contributed by atoms with E-state index in [1.807, 2.05) is 6.92 Å². The maximum Gasteiger partial charge on any atom is 0.254 e. The topological polar surface area (TPSA) is 99.8 Å². The van der Waals surface area contributed by atoms with E-state index >= 15 is 0 Å². The molecule has 0 unspecified atom stereocenters. The number of carbonyl (C=O) groups excluding carboxylic acids is 3. The van der Waals surface area contributed by atoms with Gasteiger partial charge in [0.1, 0.15) is 0 Å². The lowest BCUT2D eigenvalue weighted by atomic mass is 10.1. The van der Waals surface area contributed by atoms with E-state index in [4.69, 9.17) is 4.74 Å². The summed E-state index contributed by atoms with van der Waals surface area (Å²) < 4.78 is 5.28. The number of amides is 3. The lowest BCUT2D eigenvalue weighted by Gasteiger charge is -2.26. The van der Waals surface area contributed by atoms with Crippen LogP contribution in [0.25, 0.3) is 0 Å². The van der Waals surface area contributed by atoms with Crippen molar-refractivity contribution in [1.29, 1.82) is 0 Å². The molecule has 0 aromatic heterocycles. The molecule has 3 N–H and O–H groups in total. The summed E-state index contributed by atoms with van der Waals surface area (Å²) in [5.41, 5.74) is 3.47. The Kier molecular flexibility index (Phi) is 7.61. The van der Waals surface area contributed by atoms with E-state index in [9.17, 15) is 14.4 Å². The van der Waals surface area contributed by atoms with Crippen molar-refractivity contribution in [2.75, 3.05) is 48.8 Å². The number of nitrogens with zero attached hydrogens (tertiary/aromatic N) is 1. The molecular formula is C23H28N4O4. The van der Waals surface area contributed by atoms with Crippen molar-refractivity contribution in [1.82, 2.24) is 4.90 Å². The van der Waals surface area contributed by atoms with Gasteiger partial charge in [-0.05, 0) is 48.9 Å². The molecule has 0 saturated carbocycles. The molecule has 2 aromatic carbocycles. The Morgan fingerprint density at radius 1 is 0.935 bits per heavy atom. The highest BCUT2D eigenvalue weighted by molar-refractivity contribution is 5.97. The van der Waals surface area contributed by atoms with Crippen molar-refractivity contribution in [3.63, 3.8) is 0 Å². The third-order valence-electron chi connectivity index (χ3n) is 5.09. The molecule has 1 saturated heterocycles. The van der Waals surface area contributed by atoms with Gasteiger partial charge in [0.2, 0.25) is 11.8 Å². The maximum atomic E-state index is 12.5. The summed E-state index contributed by atoms with van der Waals surface area (Å²) in [6, 6.07) is 12.5. The van der Waals surface area contributed by atoms with Crippen LogP contribution in [0.5, 0.6) is 0 Å². The van der Waals surface area contributed by atoms with Crippen LogP contribution < -0.4 is 16.0 Å². The molecule has 1 aliphatic heterocycles. The minimum atomic E-state index is -0.212. The Bertz CT molecular complexity index is 937. The number of ether oxygens (including phenoxy) is 1. The molecule has 0 bridgehead atoms. The van der Waals surface area contributed by atoms with Gasteiger partial charge in [0, 0.05) is 42.1 Å². The Morgan fingerprint density at radius 2 is 1.55 bits per heavy atom. The summed E-state index contributed by atoms with van der Waals surface area (Å²) in [4.78, 5) is 38.3. The first-order valence-corrected chi connectivity index (χ1v) is 10.4. The number of rotatable bonds is 7. The highest BCUT2D eigenvalue weighted by Gasteiger charge is 2.18. The van der Waals surface area contributed by atoms with Gasteiger partial charge in [-0.1, -0.05) is 13.0 Å². The van der Waals surface area contributed by atoms with Crippen molar-refractivity contribution < 1.29 is 19.1 Å². The number of nitrogens with one attached hydrogen (secondary N) is 3. The largest absolute Gasteiger partial charge is 0.378 e. The lowest BCUT2D eigenvalue weighted by molar-refractivity contribution is -0.116. The van der Waals surface area contributed by atoms with E-state index in [0.717, 1.165) is 11.3 Å². The van der Waals surface area contributed by atoms with E-state index in [-0.39, 0.29) is 24.3 Å². The van der Waals surface area contributed by atoms with E-state index in [1.165, 1.54) is 0 Å². The van der Waals surface area contributed by atoms with Gasteiger partial charge < -0.3 is 25.6 Å². The summed E-state index contributed by atoms with van der Waals surface area (Å²) >= 11 is 0. The van der Waals surface area contributed by atoms with E-state index in [2.05, 4.69) is 16.0 Å². The van der Waals surface area contributed by atoms with Crippen molar-refractivity contribution >= 4 is 34.8 Å². The van der Waals surface area contributed by atoms with Crippen LogP contribution in [0, 0.1) is 6.92 Å². The quantitative estimate of drug-likeness (QED) is 0.635. The van der Waals surface area contributed by atoms with Crippen LogP contribution in [-0.4, -0.2) is 55.5 Å². The van der Waals surface area contributed by atoms with E-state index in [1.54, 1.807) is 54.3 Å². The van der Waals surface area contributed by atoms with Gasteiger partial charge in [0.15, 0.2) is 0 Å². The molecule has 31 heavy (non-hydrogen) atoms. The molecule has 164 valence electrons. The minimum absolute atomic E-state index is 0.0156. The highest BCUT2D eigenvalue weighted by Crippen LogP contribution is 2.23. The third kappa shape index (κ3) is 6.05. The fourth-order valence-electron chi connectivity index (χ4n) is 3.20. The SMILES string of the molecule is CCC(=O)Nc1cccc(NC(=O)CNc2ccc(C(=O)N3CCOCC3)cc2)c1C. The first-order valence-electron chi connectivity index (χ1n) is 10.4. The van der Waals surface area contributed by atoms with Crippen molar-refractivity contribution in [3.05, 3.63) is 53.6 Å². The minimum Gasteiger partial charge on any atom is -0.378 e. The zero-order chi connectivity index (χ0) is 22.2. The van der Waals surface area contributed by atoms with Crippen LogP contribution in [0.3, 0.4) is 0 Å². The van der Waals surface area contributed by atoms with E-state index < -0.39 is 0 Å². The van der Waals surface area contributed by atoms with Crippen molar-refractivity contribution in [3.8, 4) is 0 Å². The third-order valence-corrected chi connectivity index (χ3v) is 5.09. The summed E-state index contributed by atoms with van der Waals surface area (Å²) in [6.07, 6.45) is 0.386. The van der Waals surface area contributed by atoms with E-state index in [0.29, 0.717) is 49.7 Å². The zero-order valence-electron chi connectivity index (χ0n) is 17.9. The second-order valence-electron chi connectivity index (χ2n) is 7.26. The van der Waals surface area contributed by atoms with Crippen LogP contribution in [-0.2, 0) is 14.3 Å². The number of morpholine rings is 1. The molecule has 8 nitrogen and oxygen atoms in total. The Hall–Kier alpha value is -3.39. The molecule has 0 atom stereocenters. The molecule has 0 radical (unpaired) electrons. The van der Waals surface area contributed by atoms with Gasteiger partial charge in [0.25, 0.3) is 5.91 Å². The van der Waals surface area contributed by atoms with Crippen molar-refractivity contribution in [2.45, 2.75) is 20.3 Å². The fourth-order valence-corrected chi connectivity index (χ4v) is 3.20. The Balaban J connectivity index is 1.53. The summed E-state index contributed by atoms with van der Waals surface area (Å²) in [5.74, 6) is -0.308. The molecule has 1 aliphatic rings. The summed E-state index contributed by atoms with van der Waals surface area (Å²) in [7, 11) is 0. The summed E-state index contributed by atoms with van der Waals surface area (Å²) in [6.45, 7) is 6.03. The van der Waals surface area contributed by atoms with Gasteiger partial charge in [-0.3, -0.25) is 14.4 Å². The number of hydrogen-bond acceptors (Lipinski definition) is 5. The monoisotopic (exact) mass is 424 g/mol. The number of anilines is 3. The van der Waals surface area contributed by atoms with Gasteiger partial charge in [0.05, 0.1) is 19.8 Å². The maximum absolute atomic E-state index is 12.5. The Labute approximate surface area is 182 Å². The molecule has 8 heteroatoms. The lowest BCUT2D eigenvalue weighted by Crippen LogP contribution is -2.40. The zero-order valence-corrected chi connectivity index (χ0v) is 17.9. The van der Waals surface area contributed by atoms with Crippen LogP contribution in [0.1, 0.15) is 29.3 Å². The molecule has 3 amide bonds. The van der Waals surface area contributed by atoms with Crippen molar-refractivity contribution in [2.24, 2.45) is 0 Å². The molecule has 3 rings (SSSR count).